The molecule has 0 radical (unpaired) electrons. The Morgan fingerprint density at radius 2 is 1.91 bits per heavy atom. The first kappa shape index (κ1) is 16.6. The molecule has 0 unspecified atom stereocenters. The summed E-state index contributed by atoms with van der Waals surface area (Å²) >= 11 is 0. The van der Waals surface area contributed by atoms with Gasteiger partial charge in [-0.1, -0.05) is 12.1 Å². The van der Waals surface area contributed by atoms with Crippen molar-refractivity contribution >= 4 is 12.0 Å². The smallest absolute Gasteiger partial charge is 0.243 e. The maximum atomic E-state index is 12.8. The summed E-state index contributed by atoms with van der Waals surface area (Å²) in [6.45, 7) is 6.15. The van der Waals surface area contributed by atoms with E-state index in [9.17, 15) is 9.18 Å². The first-order valence-electron chi connectivity index (χ1n) is 7.76. The van der Waals surface area contributed by atoms with E-state index < -0.39 is 0 Å². The average molecular weight is 305 g/mol. The van der Waals surface area contributed by atoms with Crippen molar-refractivity contribution in [2.45, 2.75) is 6.42 Å². The van der Waals surface area contributed by atoms with Crippen LogP contribution >= 0.6 is 0 Å². The SMILES string of the molecule is CN1CCN(CCCNC(=O)/C=C/c2ccc(F)cc2)CC1. The van der Waals surface area contributed by atoms with Gasteiger partial charge in [-0.2, -0.15) is 0 Å². The molecule has 0 saturated carbocycles. The number of carbonyl (C=O) groups excluding carboxylic acids is 1. The van der Waals surface area contributed by atoms with Gasteiger partial charge in [-0.15, -0.1) is 0 Å². The van der Waals surface area contributed by atoms with Gasteiger partial charge in [0.1, 0.15) is 5.82 Å². The van der Waals surface area contributed by atoms with E-state index in [0.717, 1.165) is 44.7 Å². The maximum Gasteiger partial charge on any atom is 0.243 e. The number of halogens is 1. The zero-order chi connectivity index (χ0) is 15.8. The van der Waals surface area contributed by atoms with Gasteiger partial charge in [0.05, 0.1) is 0 Å². The minimum absolute atomic E-state index is 0.109. The number of nitrogens with one attached hydrogen (secondary N) is 1. The Morgan fingerprint density at radius 3 is 2.59 bits per heavy atom. The van der Waals surface area contributed by atoms with Gasteiger partial charge in [-0.3, -0.25) is 4.79 Å². The molecule has 0 spiro atoms. The molecular weight excluding hydrogens is 281 g/mol. The van der Waals surface area contributed by atoms with Gasteiger partial charge in [-0.05, 0) is 43.8 Å². The topological polar surface area (TPSA) is 35.6 Å². The molecule has 0 atom stereocenters. The Labute approximate surface area is 131 Å². The van der Waals surface area contributed by atoms with E-state index in [4.69, 9.17) is 0 Å². The summed E-state index contributed by atoms with van der Waals surface area (Å²) in [5.74, 6) is -0.381. The quantitative estimate of drug-likeness (QED) is 0.640. The highest BCUT2D eigenvalue weighted by atomic mass is 19.1. The lowest BCUT2D eigenvalue weighted by Crippen LogP contribution is -2.45. The molecule has 0 aliphatic carbocycles. The van der Waals surface area contributed by atoms with Crippen LogP contribution in [-0.2, 0) is 4.79 Å². The largest absolute Gasteiger partial charge is 0.353 e. The van der Waals surface area contributed by atoms with Gasteiger partial charge >= 0.3 is 0 Å². The minimum Gasteiger partial charge on any atom is -0.353 e. The van der Waals surface area contributed by atoms with E-state index >= 15 is 0 Å². The summed E-state index contributed by atoms with van der Waals surface area (Å²) in [4.78, 5) is 16.4. The van der Waals surface area contributed by atoms with E-state index in [1.54, 1.807) is 18.2 Å². The van der Waals surface area contributed by atoms with Crippen LogP contribution in [0.1, 0.15) is 12.0 Å². The first-order chi connectivity index (χ1) is 10.6. The van der Waals surface area contributed by atoms with Crippen LogP contribution in [-0.4, -0.2) is 62.0 Å². The van der Waals surface area contributed by atoms with Crippen LogP contribution in [0.5, 0.6) is 0 Å². The summed E-state index contributed by atoms with van der Waals surface area (Å²) in [5.41, 5.74) is 0.814. The summed E-state index contributed by atoms with van der Waals surface area (Å²) < 4.78 is 12.8. The Balaban J connectivity index is 1.60. The van der Waals surface area contributed by atoms with Crippen LogP contribution < -0.4 is 5.32 Å². The third-order valence-corrected chi connectivity index (χ3v) is 3.84. The van der Waals surface area contributed by atoms with Crippen molar-refractivity contribution < 1.29 is 9.18 Å². The maximum absolute atomic E-state index is 12.8. The van der Waals surface area contributed by atoms with Gasteiger partial charge in [-0.25, -0.2) is 4.39 Å². The second-order valence-corrected chi connectivity index (χ2v) is 5.67. The molecule has 4 nitrogen and oxygen atoms in total. The fraction of sp³-hybridized carbons (Fsp3) is 0.471. The zero-order valence-electron chi connectivity index (χ0n) is 13.1. The highest BCUT2D eigenvalue weighted by Crippen LogP contribution is 2.04. The standard InChI is InChI=1S/C17H24FN3O/c1-20-11-13-21(14-12-20)10-2-9-19-17(22)8-5-15-3-6-16(18)7-4-15/h3-8H,2,9-14H2,1H3,(H,19,22)/b8-5+. The van der Waals surface area contributed by atoms with E-state index in [0.29, 0.717) is 6.54 Å². The lowest BCUT2D eigenvalue weighted by atomic mass is 10.2. The highest BCUT2D eigenvalue weighted by molar-refractivity contribution is 5.91. The summed E-state index contributed by atoms with van der Waals surface area (Å²) in [6, 6.07) is 6.06. The molecule has 1 fully saturated rings. The summed E-state index contributed by atoms with van der Waals surface area (Å²) in [5, 5.41) is 2.88. The third-order valence-electron chi connectivity index (χ3n) is 3.84. The van der Waals surface area contributed by atoms with Crippen LogP contribution in [0.25, 0.3) is 6.08 Å². The number of carbonyl (C=O) groups is 1. The molecule has 1 saturated heterocycles. The van der Waals surface area contributed by atoms with Crippen molar-refractivity contribution in [3.63, 3.8) is 0 Å². The number of amides is 1. The average Bonchev–Trinajstić information content (AvgIpc) is 2.53. The number of hydrogen-bond donors (Lipinski definition) is 1. The molecule has 1 amide bonds. The molecule has 0 bridgehead atoms. The molecule has 120 valence electrons. The normalized spacial score (nSPS) is 17.0. The minimum atomic E-state index is -0.273. The lowest BCUT2D eigenvalue weighted by molar-refractivity contribution is -0.116. The fourth-order valence-electron chi connectivity index (χ4n) is 2.39. The van der Waals surface area contributed by atoms with E-state index in [1.807, 2.05) is 0 Å². The van der Waals surface area contributed by atoms with Gasteiger partial charge in [0, 0.05) is 38.8 Å². The predicted octanol–water partition coefficient (Wildman–Crippen LogP) is 1.59. The van der Waals surface area contributed by atoms with E-state index in [-0.39, 0.29) is 11.7 Å². The Morgan fingerprint density at radius 1 is 1.23 bits per heavy atom. The molecule has 2 rings (SSSR count). The van der Waals surface area contributed by atoms with Crippen molar-refractivity contribution in [1.82, 2.24) is 15.1 Å². The Bertz CT molecular complexity index is 493. The van der Waals surface area contributed by atoms with Gasteiger partial charge in [0.25, 0.3) is 0 Å². The van der Waals surface area contributed by atoms with Crippen LogP contribution in [0, 0.1) is 5.82 Å². The lowest BCUT2D eigenvalue weighted by Gasteiger charge is -2.32. The molecule has 1 aliphatic rings. The molecule has 0 aromatic heterocycles. The van der Waals surface area contributed by atoms with Crippen LogP contribution in [0.3, 0.4) is 0 Å². The van der Waals surface area contributed by atoms with Crippen molar-refractivity contribution in [1.29, 1.82) is 0 Å². The van der Waals surface area contributed by atoms with Crippen molar-refractivity contribution in [2.24, 2.45) is 0 Å². The van der Waals surface area contributed by atoms with Crippen molar-refractivity contribution in [3.05, 3.63) is 41.7 Å². The first-order valence-corrected chi connectivity index (χ1v) is 7.76. The highest BCUT2D eigenvalue weighted by Gasteiger charge is 2.12. The molecular formula is C17H24FN3O. The monoisotopic (exact) mass is 305 g/mol. The second-order valence-electron chi connectivity index (χ2n) is 5.67. The van der Waals surface area contributed by atoms with Crippen LogP contribution in [0.15, 0.2) is 30.3 Å². The molecule has 1 aromatic rings. The van der Waals surface area contributed by atoms with Crippen molar-refractivity contribution in [2.75, 3.05) is 46.3 Å². The van der Waals surface area contributed by atoms with Gasteiger partial charge in [0.15, 0.2) is 0 Å². The Hall–Kier alpha value is -1.72. The van der Waals surface area contributed by atoms with Gasteiger partial charge in [0.2, 0.25) is 5.91 Å². The van der Waals surface area contributed by atoms with Crippen LogP contribution in [0.2, 0.25) is 0 Å². The predicted molar refractivity (Wildman–Crippen MR) is 87.0 cm³/mol. The van der Waals surface area contributed by atoms with E-state index in [1.165, 1.54) is 18.2 Å². The number of rotatable bonds is 6. The summed E-state index contributed by atoms with van der Waals surface area (Å²) in [7, 11) is 2.14. The molecule has 1 aliphatic heterocycles. The van der Waals surface area contributed by atoms with E-state index in [2.05, 4.69) is 22.2 Å². The number of likely N-dealkylation sites (N-methyl/N-ethyl adjacent to an activating group) is 1. The molecule has 5 heteroatoms. The fourth-order valence-corrected chi connectivity index (χ4v) is 2.39. The summed E-state index contributed by atoms with van der Waals surface area (Å²) in [6.07, 6.45) is 4.14. The number of nitrogens with zero attached hydrogens (tertiary/aromatic N) is 2. The molecule has 1 aromatic carbocycles. The molecule has 1 N–H and O–H groups in total. The van der Waals surface area contributed by atoms with Crippen molar-refractivity contribution in [3.8, 4) is 0 Å². The molecule has 1 heterocycles. The third kappa shape index (κ3) is 5.95. The zero-order valence-corrected chi connectivity index (χ0v) is 13.1. The molecule has 22 heavy (non-hydrogen) atoms. The number of benzene rings is 1. The van der Waals surface area contributed by atoms with Gasteiger partial charge < -0.3 is 15.1 Å². The number of hydrogen-bond acceptors (Lipinski definition) is 3. The second kappa shape index (κ2) is 8.66. The van der Waals surface area contributed by atoms with Crippen LogP contribution in [0.4, 0.5) is 4.39 Å². The number of piperazine rings is 1. The Kier molecular flexibility index (Phi) is 6.55.